The van der Waals surface area contributed by atoms with Crippen molar-refractivity contribution in [2.45, 2.75) is 12.5 Å². The number of carboxylic acids is 1. The summed E-state index contributed by atoms with van der Waals surface area (Å²) in [6.07, 6.45) is -1.15. The largest absolute Gasteiger partial charge is 0.479 e. The van der Waals surface area contributed by atoms with Crippen molar-refractivity contribution in [2.24, 2.45) is 11.7 Å². The molecular weight excluding hydrogens is 188 g/mol. The maximum absolute atomic E-state index is 11.3. The van der Waals surface area contributed by atoms with Crippen LogP contribution < -0.4 is 5.73 Å². The van der Waals surface area contributed by atoms with Crippen LogP contribution >= 0.6 is 0 Å². The molecule has 80 valence electrons. The molecule has 0 saturated carbocycles. The Hall–Kier alpha value is -1.14. The number of hydrogen-bond acceptors (Lipinski definition) is 4. The second kappa shape index (κ2) is 4.39. The lowest BCUT2D eigenvalue weighted by atomic mass is 10.1. The van der Waals surface area contributed by atoms with E-state index in [-0.39, 0.29) is 18.4 Å². The van der Waals surface area contributed by atoms with Crippen LogP contribution in [0.25, 0.3) is 0 Å². The number of aliphatic hydroxyl groups excluding tert-OH is 1. The van der Waals surface area contributed by atoms with Gasteiger partial charge in [-0.05, 0) is 12.5 Å². The first-order chi connectivity index (χ1) is 6.54. The quantitative estimate of drug-likeness (QED) is 0.501. The summed E-state index contributed by atoms with van der Waals surface area (Å²) < 4.78 is 0. The first-order valence-corrected chi connectivity index (χ1v) is 4.43. The Morgan fingerprint density at radius 3 is 2.79 bits per heavy atom. The summed E-state index contributed by atoms with van der Waals surface area (Å²) in [7, 11) is 0. The van der Waals surface area contributed by atoms with Gasteiger partial charge in [-0.3, -0.25) is 4.79 Å². The van der Waals surface area contributed by atoms with Crippen LogP contribution in [0.4, 0.5) is 0 Å². The molecule has 0 aromatic rings. The van der Waals surface area contributed by atoms with E-state index in [9.17, 15) is 9.59 Å². The molecule has 0 aliphatic carbocycles. The number of carbonyl (C=O) groups excluding carboxylic acids is 1. The maximum atomic E-state index is 11.3. The van der Waals surface area contributed by atoms with Crippen LogP contribution in [0.15, 0.2) is 0 Å². The SMILES string of the molecule is NCC1CC(=O)N(C[C@H](O)C(=O)O)C1. The Kier molecular flexibility index (Phi) is 3.43. The highest BCUT2D eigenvalue weighted by Crippen LogP contribution is 2.16. The van der Waals surface area contributed by atoms with E-state index in [1.165, 1.54) is 4.90 Å². The Labute approximate surface area is 81.3 Å². The number of amides is 1. The molecule has 1 rings (SSSR count). The molecule has 4 N–H and O–H groups in total. The molecule has 0 spiro atoms. The van der Waals surface area contributed by atoms with E-state index in [0.29, 0.717) is 19.5 Å². The van der Waals surface area contributed by atoms with Crippen molar-refractivity contribution in [2.75, 3.05) is 19.6 Å². The van der Waals surface area contributed by atoms with Crippen molar-refractivity contribution < 1.29 is 19.8 Å². The van der Waals surface area contributed by atoms with Crippen molar-refractivity contribution in [3.63, 3.8) is 0 Å². The third kappa shape index (κ3) is 2.43. The van der Waals surface area contributed by atoms with Crippen molar-refractivity contribution in [1.82, 2.24) is 4.90 Å². The number of aliphatic hydroxyl groups is 1. The smallest absolute Gasteiger partial charge is 0.334 e. The lowest BCUT2D eigenvalue weighted by Crippen LogP contribution is -2.38. The van der Waals surface area contributed by atoms with Crippen LogP contribution in [0.3, 0.4) is 0 Å². The summed E-state index contributed by atoms with van der Waals surface area (Å²) >= 11 is 0. The maximum Gasteiger partial charge on any atom is 0.334 e. The number of carbonyl (C=O) groups is 2. The van der Waals surface area contributed by atoms with Gasteiger partial charge in [-0.25, -0.2) is 4.79 Å². The van der Waals surface area contributed by atoms with E-state index in [1.54, 1.807) is 0 Å². The standard InChI is InChI=1S/C8H14N2O4/c9-2-5-1-7(12)10(3-5)4-6(11)8(13)14/h5-6,11H,1-4,9H2,(H,13,14)/t5?,6-/m0/s1. The van der Waals surface area contributed by atoms with Gasteiger partial charge in [-0.2, -0.15) is 0 Å². The molecule has 6 nitrogen and oxygen atoms in total. The van der Waals surface area contributed by atoms with E-state index >= 15 is 0 Å². The normalized spacial score (nSPS) is 24.0. The first kappa shape index (κ1) is 10.9. The van der Waals surface area contributed by atoms with Gasteiger partial charge < -0.3 is 20.8 Å². The zero-order valence-electron chi connectivity index (χ0n) is 7.72. The highest BCUT2D eigenvalue weighted by molar-refractivity contribution is 5.80. The van der Waals surface area contributed by atoms with Gasteiger partial charge in [0.15, 0.2) is 6.10 Å². The first-order valence-electron chi connectivity index (χ1n) is 4.43. The van der Waals surface area contributed by atoms with Crippen molar-refractivity contribution >= 4 is 11.9 Å². The van der Waals surface area contributed by atoms with Crippen LogP contribution in [0.5, 0.6) is 0 Å². The predicted octanol–water partition coefficient (Wildman–Crippen LogP) is -1.76. The van der Waals surface area contributed by atoms with Gasteiger partial charge in [0.2, 0.25) is 5.91 Å². The molecular formula is C8H14N2O4. The van der Waals surface area contributed by atoms with Crippen molar-refractivity contribution in [3.05, 3.63) is 0 Å². The Balaban J connectivity index is 2.46. The van der Waals surface area contributed by atoms with Gasteiger partial charge in [0.1, 0.15) is 0 Å². The van der Waals surface area contributed by atoms with Crippen LogP contribution in [-0.2, 0) is 9.59 Å². The number of nitrogens with zero attached hydrogens (tertiary/aromatic N) is 1. The number of aliphatic carboxylic acids is 1. The van der Waals surface area contributed by atoms with E-state index in [0.717, 1.165) is 0 Å². The number of carboxylic acid groups (broad SMARTS) is 1. The fraction of sp³-hybridized carbons (Fsp3) is 0.750. The molecule has 14 heavy (non-hydrogen) atoms. The summed E-state index contributed by atoms with van der Waals surface area (Å²) in [5.41, 5.74) is 5.39. The monoisotopic (exact) mass is 202 g/mol. The average molecular weight is 202 g/mol. The van der Waals surface area contributed by atoms with Gasteiger partial charge >= 0.3 is 5.97 Å². The third-order valence-electron chi connectivity index (χ3n) is 2.31. The summed E-state index contributed by atoms with van der Waals surface area (Å²) in [5, 5.41) is 17.5. The molecule has 0 bridgehead atoms. The van der Waals surface area contributed by atoms with Gasteiger partial charge in [-0.15, -0.1) is 0 Å². The Morgan fingerprint density at radius 1 is 1.71 bits per heavy atom. The molecule has 0 radical (unpaired) electrons. The molecule has 0 aromatic carbocycles. The molecule has 2 atom stereocenters. The summed E-state index contributed by atoms with van der Waals surface area (Å²) in [5.74, 6) is -1.36. The summed E-state index contributed by atoms with van der Waals surface area (Å²) in [6.45, 7) is 0.704. The second-order valence-electron chi connectivity index (χ2n) is 3.46. The molecule has 1 saturated heterocycles. The van der Waals surface area contributed by atoms with Crippen LogP contribution in [0.2, 0.25) is 0 Å². The molecule has 1 aliphatic rings. The molecule has 1 heterocycles. The van der Waals surface area contributed by atoms with Gasteiger partial charge in [-0.1, -0.05) is 0 Å². The summed E-state index contributed by atoms with van der Waals surface area (Å²) in [4.78, 5) is 22.9. The van der Waals surface area contributed by atoms with Crippen molar-refractivity contribution in [1.29, 1.82) is 0 Å². The van der Waals surface area contributed by atoms with Crippen LogP contribution in [0, 0.1) is 5.92 Å². The van der Waals surface area contributed by atoms with Crippen LogP contribution in [-0.4, -0.2) is 52.7 Å². The lowest BCUT2D eigenvalue weighted by Gasteiger charge is -2.17. The average Bonchev–Trinajstić information content (AvgIpc) is 2.47. The van der Waals surface area contributed by atoms with Gasteiger partial charge in [0.25, 0.3) is 0 Å². The minimum absolute atomic E-state index is 0.0866. The topological polar surface area (TPSA) is 104 Å². The number of β-amino-alcohol motifs (C(OH)–C–C–N with tert-alkyl or cyclic N) is 1. The predicted molar refractivity (Wildman–Crippen MR) is 47.4 cm³/mol. The number of hydrogen-bond donors (Lipinski definition) is 3. The molecule has 1 unspecified atom stereocenters. The Morgan fingerprint density at radius 2 is 2.36 bits per heavy atom. The summed E-state index contributed by atoms with van der Waals surface area (Å²) in [6, 6.07) is 0. The highest BCUT2D eigenvalue weighted by atomic mass is 16.4. The Bertz CT molecular complexity index is 243. The van der Waals surface area contributed by atoms with Crippen LogP contribution in [0.1, 0.15) is 6.42 Å². The minimum atomic E-state index is -1.50. The number of likely N-dealkylation sites (tertiary alicyclic amines) is 1. The van der Waals surface area contributed by atoms with Gasteiger partial charge in [0, 0.05) is 13.0 Å². The second-order valence-corrected chi connectivity index (χ2v) is 3.46. The van der Waals surface area contributed by atoms with E-state index in [1.807, 2.05) is 0 Å². The number of rotatable bonds is 4. The van der Waals surface area contributed by atoms with E-state index < -0.39 is 12.1 Å². The molecule has 1 aliphatic heterocycles. The molecule has 1 amide bonds. The van der Waals surface area contributed by atoms with E-state index in [2.05, 4.69) is 0 Å². The molecule has 1 fully saturated rings. The number of nitrogens with two attached hydrogens (primary N) is 1. The lowest BCUT2D eigenvalue weighted by molar-refractivity contribution is -0.148. The van der Waals surface area contributed by atoms with Crippen molar-refractivity contribution in [3.8, 4) is 0 Å². The minimum Gasteiger partial charge on any atom is -0.479 e. The molecule has 6 heteroatoms. The zero-order chi connectivity index (χ0) is 10.7. The molecule has 0 aromatic heterocycles. The fourth-order valence-corrected chi connectivity index (χ4v) is 1.48. The fourth-order valence-electron chi connectivity index (χ4n) is 1.48. The highest BCUT2D eigenvalue weighted by Gasteiger charge is 2.31. The third-order valence-corrected chi connectivity index (χ3v) is 2.31. The zero-order valence-corrected chi connectivity index (χ0v) is 7.72. The van der Waals surface area contributed by atoms with Gasteiger partial charge in [0.05, 0.1) is 6.54 Å². The van der Waals surface area contributed by atoms with E-state index in [4.69, 9.17) is 15.9 Å².